The molecule has 0 aromatic heterocycles. The average Bonchev–Trinajstić information content (AvgIpc) is 3.21. The van der Waals surface area contributed by atoms with Crippen LogP contribution in [0.3, 0.4) is 0 Å². The van der Waals surface area contributed by atoms with Crippen LogP contribution >= 0.6 is 0 Å². The standard InChI is InChI=1S/C25H40FNO2/c1-17(15-27-11-9-20(26)16-27)23-7-8-24-19(4-3-10-25(23,24)2)6-5-18-12-21(28)14-22(29)13-18/h5-6,17,20-24,28-29H,3-4,7-16H2,1-2H3/b19-6+/t17?,20-,21-,22-,23-,24+,25-/m1/s1. The number of alkyl halides is 1. The third-order valence-electron chi connectivity index (χ3n) is 8.56. The van der Waals surface area contributed by atoms with Crippen molar-refractivity contribution in [2.75, 3.05) is 19.6 Å². The van der Waals surface area contributed by atoms with Crippen LogP contribution in [0.4, 0.5) is 4.39 Å². The van der Waals surface area contributed by atoms with Crippen LogP contribution in [0.2, 0.25) is 0 Å². The third kappa shape index (κ3) is 4.65. The first-order valence-corrected chi connectivity index (χ1v) is 12.0. The van der Waals surface area contributed by atoms with Crippen LogP contribution < -0.4 is 0 Å². The first-order valence-electron chi connectivity index (χ1n) is 12.0. The molecule has 4 heteroatoms. The molecule has 4 aliphatic rings. The van der Waals surface area contributed by atoms with Gasteiger partial charge in [0.25, 0.3) is 0 Å². The van der Waals surface area contributed by atoms with Crippen molar-refractivity contribution in [3.63, 3.8) is 0 Å². The molecular weight excluding hydrogens is 365 g/mol. The maximum atomic E-state index is 13.6. The molecular formula is C25H40FNO2. The number of fused-ring (bicyclic) bond motifs is 1. The number of halogens is 1. The highest BCUT2D eigenvalue weighted by Crippen LogP contribution is 2.59. The molecule has 0 spiro atoms. The van der Waals surface area contributed by atoms with Gasteiger partial charge in [-0.25, -0.2) is 4.39 Å². The summed E-state index contributed by atoms with van der Waals surface area (Å²) >= 11 is 0. The van der Waals surface area contributed by atoms with Gasteiger partial charge in [0.15, 0.2) is 0 Å². The van der Waals surface area contributed by atoms with Gasteiger partial charge < -0.3 is 15.1 Å². The van der Waals surface area contributed by atoms with E-state index < -0.39 is 18.4 Å². The normalized spacial score (nSPS) is 43.6. The number of hydrogen-bond donors (Lipinski definition) is 2. The van der Waals surface area contributed by atoms with Crippen molar-refractivity contribution in [2.24, 2.45) is 23.2 Å². The first kappa shape index (κ1) is 21.5. The van der Waals surface area contributed by atoms with Crippen molar-refractivity contribution in [3.8, 4) is 0 Å². The highest BCUT2D eigenvalue weighted by atomic mass is 19.1. The maximum Gasteiger partial charge on any atom is 0.114 e. The van der Waals surface area contributed by atoms with Crippen molar-refractivity contribution < 1.29 is 14.6 Å². The van der Waals surface area contributed by atoms with E-state index in [1.54, 1.807) is 5.57 Å². The Labute approximate surface area is 176 Å². The molecule has 1 heterocycles. The number of rotatable bonds is 4. The second-order valence-electron chi connectivity index (χ2n) is 10.7. The lowest BCUT2D eigenvalue weighted by Gasteiger charge is -2.45. The van der Waals surface area contributed by atoms with Gasteiger partial charge in [-0.15, -0.1) is 0 Å². The molecule has 0 radical (unpaired) electrons. The zero-order valence-electron chi connectivity index (χ0n) is 18.3. The van der Waals surface area contributed by atoms with Gasteiger partial charge in [0, 0.05) is 19.6 Å². The smallest absolute Gasteiger partial charge is 0.114 e. The molecule has 0 aromatic carbocycles. The van der Waals surface area contributed by atoms with Crippen LogP contribution in [0.15, 0.2) is 23.3 Å². The number of allylic oxidation sites excluding steroid dienone is 3. The molecule has 29 heavy (non-hydrogen) atoms. The summed E-state index contributed by atoms with van der Waals surface area (Å²) in [4.78, 5) is 2.34. The molecule has 1 unspecified atom stereocenters. The Kier molecular flexibility index (Phi) is 6.53. The van der Waals surface area contributed by atoms with Crippen LogP contribution in [-0.2, 0) is 0 Å². The van der Waals surface area contributed by atoms with Crippen LogP contribution in [0.5, 0.6) is 0 Å². The zero-order chi connectivity index (χ0) is 20.6. The van der Waals surface area contributed by atoms with Gasteiger partial charge in [-0.1, -0.05) is 37.1 Å². The summed E-state index contributed by atoms with van der Waals surface area (Å²) in [6.07, 6.45) is 12.1. The van der Waals surface area contributed by atoms with Crippen molar-refractivity contribution in [2.45, 2.75) is 90.0 Å². The summed E-state index contributed by atoms with van der Waals surface area (Å²) in [6, 6.07) is 0. The molecule has 4 fully saturated rings. The van der Waals surface area contributed by atoms with Crippen LogP contribution in [0.1, 0.15) is 71.6 Å². The largest absolute Gasteiger partial charge is 0.393 e. The minimum Gasteiger partial charge on any atom is -0.393 e. The molecule has 0 bridgehead atoms. The van der Waals surface area contributed by atoms with Crippen molar-refractivity contribution in [1.82, 2.24) is 4.90 Å². The van der Waals surface area contributed by atoms with E-state index in [1.165, 1.54) is 37.7 Å². The quantitative estimate of drug-likeness (QED) is 0.716. The molecule has 4 rings (SSSR count). The van der Waals surface area contributed by atoms with E-state index in [9.17, 15) is 14.6 Å². The Hall–Kier alpha value is -0.710. The molecule has 7 atom stereocenters. The summed E-state index contributed by atoms with van der Waals surface area (Å²) in [5, 5.41) is 19.9. The lowest BCUT2D eigenvalue weighted by molar-refractivity contribution is 0.0609. The molecule has 3 aliphatic carbocycles. The second kappa shape index (κ2) is 8.80. The fourth-order valence-electron chi connectivity index (χ4n) is 7.23. The van der Waals surface area contributed by atoms with Gasteiger partial charge in [0.1, 0.15) is 6.17 Å². The fraction of sp³-hybridized carbons (Fsp3) is 0.840. The number of likely N-dealkylation sites (tertiary alicyclic amines) is 1. The van der Waals surface area contributed by atoms with E-state index in [-0.39, 0.29) is 0 Å². The molecule has 0 amide bonds. The molecule has 0 aromatic rings. The molecule has 1 saturated heterocycles. The zero-order valence-corrected chi connectivity index (χ0v) is 18.3. The summed E-state index contributed by atoms with van der Waals surface area (Å²) in [6.45, 7) is 7.52. The summed E-state index contributed by atoms with van der Waals surface area (Å²) in [7, 11) is 0. The van der Waals surface area contributed by atoms with E-state index >= 15 is 0 Å². The molecule has 2 N–H and O–H groups in total. The number of nitrogens with zero attached hydrogens (tertiary/aromatic N) is 1. The minimum absolute atomic E-state index is 0.364. The molecule has 3 saturated carbocycles. The molecule has 164 valence electrons. The van der Waals surface area contributed by atoms with Gasteiger partial charge in [-0.05, 0) is 81.0 Å². The predicted molar refractivity (Wildman–Crippen MR) is 115 cm³/mol. The number of hydrogen-bond acceptors (Lipinski definition) is 3. The SMILES string of the molecule is CC(CN1CC[C@@H](F)C1)[C@H]1CC[C@H]2/C(=C/C=C3C[C@@H](O)C[C@H](O)C3)CCC[C@]12C. The Morgan fingerprint density at radius 2 is 1.93 bits per heavy atom. The topological polar surface area (TPSA) is 43.7 Å². The molecule has 3 nitrogen and oxygen atoms in total. The highest BCUT2D eigenvalue weighted by Gasteiger charge is 2.50. The Morgan fingerprint density at radius 1 is 1.17 bits per heavy atom. The first-order chi connectivity index (χ1) is 13.8. The lowest BCUT2D eigenvalue weighted by Crippen LogP contribution is -2.39. The van der Waals surface area contributed by atoms with Gasteiger partial charge in [-0.3, -0.25) is 0 Å². The minimum atomic E-state index is -0.622. The van der Waals surface area contributed by atoms with Crippen molar-refractivity contribution in [3.05, 3.63) is 23.3 Å². The van der Waals surface area contributed by atoms with Crippen LogP contribution in [0, 0.1) is 23.2 Å². The monoisotopic (exact) mass is 405 g/mol. The van der Waals surface area contributed by atoms with Gasteiger partial charge in [0.2, 0.25) is 0 Å². The highest BCUT2D eigenvalue weighted by molar-refractivity contribution is 5.26. The van der Waals surface area contributed by atoms with Gasteiger partial charge in [0.05, 0.1) is 12.2 Å². The van der Waals surface area contributed by atoms with Crippen molar-refractivity contribution in [1.29, 1.82) is 0 Å². The second-order valence-corrected chi connectivity index (χ2v) is 10.7. The van der Waals surface area contributed by atoms with E-state index in [0.717, 1.165) is 19.0 Å². The Bertz CT molecular complexity index is 635. The summed E-state index contributed by atoms with van der Waals surface area (Å²) < 4.78 is 13.6. The Morgan fingerprint density at radius 3 is 2.62 bits per heavy atom. The van der Waals surface area contributed by atoms with Crippen molar-refractivity contribution >= 4 is 0 Å². The van der Waals surface area contributed by atoms with E-state index in [2.05, 4.69) is 30.9 Å². The molecule has 1 aliphatic heterocycles. The fourth-order valence-corrected chi connectivity index (χ4v) is 7.23. The van der Waals surface area contributed by atoms with E-state index in [1.807, 2.05) is 0 Å². The van der Waals surface area contributed by atoms with Crippen LogP contribution in [0.25, 0.3) is 0 Å². The lowest BCUT2D eigenvalue weighted by atomic mass is 9.61. The summed E-state index contributed by atoms with van der Waals surface area (Å²) in [5.41, 5.74) is 3.14. The van der Waals surface area contributed by atoms with Crippen LogP contribution in [-0.4, -0.2) is 53.1 Å². The Balaban J connectivity index is 1.44. The third-order valence-corrected chi connectivity index (χ3v) is 8.56. The predicted octanol–water partition coefficient (Wildman–Crippen LogP) is 4.64. The number of aliphatic hydroxyl groups excluding tert-OH is 2. The summed E-state index contributed by atoms with van der Waals surface area (Å²) in [5.74, 6) is 2.00. The van der Waals surface area contributed by atoms with E-state index in [4.69, 9.17) is 0 Å². The maximum absolute atomic E-state index is 13.6. The van der Waals surface area contributed by atoms with Gasteiger partial charge in [-0.2, -0.15) is 0 Å². The average molecular weight is 406 g/mol. The van der Waals surface area contributed by atoms with Gasteiger partial charge >= 0.3 is 0 Å². The number of aliphatic hydroxyl groups is 2. The van der Waals surface area contributed by atoms with E-state index in [0.29, 0.717) is 49.5 Å².